The average molecular weight is 514 g/mol. The first-order valence-electron chi connectivity index (χ1n) is 12.4. The minimum Gasteiger partial charge on any atom is -0.346 e. The van der Waals surface area contributed by atoms with Crippen LogP contribution in [0.15, 0.2) is 36.7 Å². The van der Waals surface area contributed by atoms with Crippen molar-refractivity contribution in [3.63, 3.8) is 0 Å². The molecule has 3 aromatic rings. The van der Waals surface area contributed by atoms with Gasteiger partial charge in [-0.1, -0.05) is 35.7 Å². The van der Waals surface area contributed by atoms with Crippen molar-refractivity contribution >= 4 is 46.2 Å². The minimum absolute atomic E-state index is 0.102. The zero-order valence-corrected chi connectivity index (χ0v) is 21.1. The van der Waals surface area contributed by atoms with Gasteiger partial charge in [-0.3, -0.25) is 9.69 Å². The van der Waals surface area contributed by atoms with Gasteiger partial charge in [0, 0.05) is 61.0 Å². The highest BCUT2D eigenvalue weighted by atomic mass is 35.5. The van der Waals surface area contributed by atoms with Crippen molar-refractivity contribution in [1.82, 2.24) is 19.2 Å². The number of benzene rings is 1. The van der Waals surface area contributed by atoms with Gasteiger partial charge in [-0.15, -0.1) is 0 Å². The van der Waals surface area contributed by atoms with Gasteiger partial charge in [0.2, 0.25) is 5.91 Å². The second-order valence-corrected chi connectivity index (χ2v) is 11.3. The average Bonchev–Trinajstić information content (AvgIpc) is 3.59. The molecule has 1 aromatic carbocycles. The predicted molar refractivity (Wildman–Crippen MR) is 141 cm³/mol. The first-order valence-corrected chi connectivity index (χ1v) is 13.7. The number of pyridine rings is 1. The van der Waals surface area contributed by atoms with Crippen molar-refractivity contribution in [2.45, 2.75) is 31.4 Å². The number of aromatic amines is 1. The minimum atomic E-state index is -0.643. The summed E-state index contributed by atoms with van der Waals surface area (Å²) in [4.78, 5) is 24.9. The van der Waals surface area contributed by atoms with Gasteiger partial charge < -0.3 is 9.88 Å². The van der Waals surface area contributed by atoms with E-state index >= 15 is 0 Å². The number of halogens is 2. The third-order valence-corrected chi connectivity index (χ3v) is 8.69. The van der Waals surface area contributed by atoms with E-state index in [1.807, 2.05) is 41.6 Å². The number of fused-ring (bicyclic) bond motifs is 1. The highest BCUT2D eigenvalue weighted by molar-refractivity contribution is 7.97. The summed E-state index contributed by atoms with van der Waals surface area (Å²) in [7, 11) is 0. The lowest BCUT2D eigenvalue weighted by atomic mass is 10.0. The van der Waals surface area contributed by atoms with Crippen LogP contribution >= 0.6 is 23.5 Å². The number of alkyl halides is 1. The molecule has 1 saturated carbocycles. The molecule has 3 aliphatic rings. The van der Waals surface area contributed by atoms with Crippen LogP contribution in [0, 0.1) is 0 Å². The Hall–Kier alpha value is -2.13. The number of nitrogens with zero attached hydrogens (tertiary/aromatic N) is 4. The van der Waals surface area contributed by atoms with Gasteiger partial charge in [-0.05, 0) is 55.0 Å². The van der Waals surface area contributed by atoms with Gasteiger partial charge in [0.1, 0.15) is 11.8 Å². The summed E-state index contributed by atoms with van der Waals surface area (Å²) in [5.74, 6) is 1.63. The monoisotopic (exact) mass is 513 g/mol. The van der Waals surface area contributed by atoms with Crippen LogP contribution in [0.25, 0.3) is 22.2 Å². The number of aromatic nitrogens is 2. The Morgan fingerprint density at radius 1 is 1.23 bits per heavy atom. The van der Waals surface area contributed by atoms with E-state index in [9.17, 15) is 9.18 Å². The molecule has 1 aliphatic carbocycles. The molecule has 6 nitrogen and oxygen atoms in total. The van der Waals surface area contributed by atoms with E-state index in [4.69, 9.17) is 11.6 Å². The van der Waals surface area contributed by atoms with Crippen LogP contribution < -0.4 is 4.90 Å². The molecule has 184 valence electrons. The molecular formula is C26H29ClFN5OS. The zero-order valence-electron chi connectivity index (χ0n) is 19.6. The Bertz CT molecular complexity index is 1240. The van der Waals surface area contributed by atoms with Gasteiger partial charge in [0.15, 0.2) is 0 Å². The van der Waals surface area contributed by atoms with E-state index in [1.165, 1.54) is 18.4 Å². The fourth-order valence-electron chi connectivity index (χ4n) is 5.05. The van der Waals surface area contributed by atoms with Gasteiger partial charge in [0.25, 0.3) is 0 Å². The van der Waals surface area contributed by atoms with Crippen LogP contribution in [0.2, 0.25) is 5.02 Å². The van der Waals surface area contributed by atoms with Gasteiger partial charge >= 0.3 is 0 Å². The molecule has 4 heterocycles. The molecule has 0 radical (unpaired) electrons. The van der Waals surface area contributed by atoms with E-state index in [1.54, 1.807) is 11.9 Å². The molecule has 0 bridgehead atoms. The second kappa shape index (κ2) is 9.73. The maximum atomic E-state index is 13.0. The number of hydrogen-bond acceptors (Lipinski definition) is 5. The molecule has 1 N–H and O–H groups in total. The van der Waals surface area contributed by atoms with Crippen LogP contribution in [0.1, 0.15) is 30.7 Å². The Morgan fingerprint density at radius 3 is 2.86 bits per heavy atom. The van der Waals surface area contributed by atoms with E-state index in [0.717, 1.165) is 58.1 Å². The van der Waals surface area contributed by atoms with Crippen LogP contribution in [0.4, 0.5) is 10.1 Å². The number of amides is 1. The van der Waals surface area contributed by atoms with Crippen molar-refractivity contribution < 1.29 is 9.18 Å². The van der Waals surface area contributed by atoms with E-state index in [0.29, 0.717) is 32.1 Å². The SMILES string of the molecule is O=C1CN(SCCCN2CC(F)C2)CCN1c1cccc(-c2cnc3[nH]cc(C4CC4)c3c2Cl)c1. The lowest BCUT2D eigenvalue weighted by molar-refractivity contribution is -0.119. The van der Waals surface area contributed by atoms with Crippen LogP contribution in [-0.4, -0.2) is 76.3 Å². The largest absolute Gasteiger partial charge is 0.346 e. The Balaban J connectivity index is 1.12. The summed E-state index contributed by atoms with van der Waals surface area (Å²) in [6.45, 7) is 3.94. The van der Waals surface area contributed by atoms with Gasteiger partial charge in [-0.2, -0.15) is 0 Å². The number of piperazine rings is 1. The van der Waals surface area contributed by atoms with E-state index in [-0.39, 0.29) is 5.91 Å². The quantitative estimate of drug-likeness (QED) is 0.335. The Kier molecular flexibility index (Phi) is 6.47. The summed E-state index contributed by atoms with van der Waals surface area (Å²) in [5.41, 5.74) is 4.85. The van der Waals surface area contributed by atoms with Crippen molar-refractivity contribution in [2.24, 2.45) is 0 Å². The Morgan fingerprint density at radius 2 is 2.09 bits per heavy atom. The molecule has 0 spiro atoms. The predicted octanol–water partition coefficient (Wildman–Crippen LogP) is 5.10. The summed E-state index contributed by atoms with van der Waals surface area (Å²) in [6, 6.07) is 8.04. The highest BCUT2D eigenvalue weighted by Gasteiger charge is 2.29. The molecule has 9 heteroatoms. The number of likely N-dealkylation sites (tertiary alicyclic amines) is 1. The standard InChI is InChI=1S/C26H29ClFN5OS/c27-25-22(13-30-26-24(25)21(12-29-26)17-5-6-17)18-3-1-4-20(11-18)33-9-8-32(16-23(33)34)35-10-2-7-31-14-19(28)15-31/h1,3-4,11-13,17,19H,2,5-10,14-16H2,(H,29,30). The van der Waals surface area contributed by atoms with Crippen LogP contribution in [0.5, 0.6) is 0 Å². The molecule has 0 unspecified atom stereocenters. The molecule has 1 amide bonds. The number of hydrogen-bond donors (Lipinski definition) is 1. The number of rotatable bonds is 8. The normalized spacial score (nSPS) is 20.1. The van der Waals surface area contributed by atoms with Gasteiger partial charge in [-0.25, -0.2) is 13.7 Å². The number of H-pyrrole nitrogens is 1. The first-order chi connectivity index (χ1) is 17.1. The van der Waals surface area contributed by atoms with Gasteiger partial charge in [0.05, 0.1) is 11.6 Å². The van der Waals surface area contributed by atoms with Crippen molar-refractivity contribution in [3.05, 3.63) is 47.2 Å². The number of carbonyl (C=O) groups excluding carboxylic acids is 1. The fraction of sp³-hybridized carbons (Fsp3) is 0.462. The lowest BCUT2D eigenvalue weighted by Gasteiger charge is -2.35. The maximum Gasteiger partial charge on any atom is 0.242 e. The van der Waals surface area contributed by atoms with Crippen LogP contribution in [0.3, 0.4) is 0 Å². The third kappa shape index (κ3) is 4.81. The molecule has 0 atom stereocenters. The summed E-state index contributed by atoms with van der Waals surface area (Å²) >= 11 is 8.63. The molecule has 2 aromatic heterocycles. The highest BCUT2D eigenvalue weighted by Crippen LogP contribution is 2.46. The lowest BCUT2D eigenvalue weighted by Crippen LogP contribution is -2.49. The van der Waals surface area contributed by atoms with Crippen molar-refractivity contribution in [3.8, 4) is 11.1 Å². The first kappa shape index (κ1) is 23.3. The molecule has 6 rings (SSSR count). The van der Waals surface area contributed by atoms with E-state index < -0.39 is 6.17 Å². The fourth-order valence-corrected chi connectivity index (χ4v) is 6.33. The maximum absolute atomic E-state index is 13.0. The van der Waals surface area contributed by atoms with E-state index in [2.05, 4.69) is 19.2 Å². The topological polar surface area (TPSA) is 55.5 Å². The summed E-state index contributed by atoms with van der Waals surface area (Å²) < 4.78 is 15.1. The summed E-state index contributed by atoms with van der Waals surface area (Å²) in [5, 5.41) is 1.75. The molecule has 35 heavy (non-hydrogen) atoms. The number of anilines is 1. The number of nitrogens with one attached hydrogen (secondary N) is 1. The number of carbonyl (C=O) groups is 1. The molecule has 3 fully saturated rings. The zero-order chi connectivity index (χ0) is 23.9. The van der Waals surface area contributed by atoms with Crippen molar-refractivity contribution in [1.29, 1.82) is 0 Å². The summed E-state index contributed by atoms with van der Waals surface area (Å²) in [6.07, 6.45) is 6.64. The Labute approximate surface area is 213 Å². The second-order valence-electron chi connectivity index (χ2n) is 9.73. The van der Waals surface area contributed by atoms with Crippen molar-refractivity contribution in [2.75, 3.05) is 49.9 Å². The van der Waals surface area contributed by atoms with Crippen LogP contribution in [-0.2, 0) is 4.79 Å². The molecule has 2 aliphatic heterocycles. The molecule has 2 saturated heterocycles. The smallest absolute Gasteiger partial charge is 0.242 e. The third-order valence-electron chi connectivity index (χ3n) is 7.15. The molecular weight excluding hydrogens is 485 g/mol.